The third kappa shape index (κ3) is 3.37. The molecule has 0 unspecified atom stereocenters. The molecule has 0 spiro atoms. The second-order valence-corrected chi connectivity index (χ2v) is 9.28. The second-order valence-electron chi connectivity index (χ2n) is 9.28. The number of nitro benzene ring substituents is 1. The van der Waals surface area contributed by atoms with E-state index in [4.69, 9.17) is 0 Å². The zero-order valence-corrected chi connectivity index (χ0v) is 20.3. The summed E-state index contributed by atoms with van der Waals surface area (Å²) in [5.41, 5.74) is 5.37. The highest BCUT2D eigenvalue weighted by Gasteiger charge is 2.24. The van der Waals surface area contributed by atoms with Gasteiger partial charge in [0.05, 0.1) is 27.9 Å². The lowest BCUT2D eigenvalue weighted by atomic mass is 9.87. The van der Waals surface area contributed by atoms with Crippen LogP contribution in [0.1, 0.15) is 0 Å². The Morgan fingerprint density at radius 3 is 2.16 bits per heavy atom. The Balaban J connectivity index is 1.63. The summed E-state index contributed by atoms with van der Waals surface area (Å²) in [6.07, 6.45) is 1.74. The van der Waals surface area contributed by atoms with Crippen molar-refractivity contribution in [3.05, 3.63) is 138 Å². The summed E-state index contributed by atoms with van der Waals surface area (Å²) in [6, 6.07) is 40.0. The van der Waals surface area contributed by atoms with E-state index in [-0.39, 0.29) is 10.6 Å². The van der Waals surface area contributed by atoms with Crippen LogP contribution in [0.15, 0.2) is 128 Å². The smallest absolute Gasteiger partial charge is 0.258 e. The fourth-order valence-corrected chi connectivity index (χ4v) is 5.52. The van der Waals surface area contributed by atoms with Gasteiger partial charge in [-0.25, -0.2) is 4.68 Å². The number of para-hydroxylation sites is 1. The summed E-state index contributed by atoms with van der Waals surface area (Å²) in [6.45, 7) is 0. The topological polar surface area (TPSA) is 61.0 Å². The van der Waals surface area contributed by atoms with Crippen molar-refractivity contribution in [1.82, 2.24) is 9.78 Å². The molecule has 0 bridgehead atoms. The van der Waals surface area contributed by atoms with Gasteiger partial charge in [-0.15, -0.1) is 0 Å². The van der Waals surface area contributed by atoms with Crippen LogP contribution in [0.25, 0.3) is 60.4 Å². The molecule has 0 aliphatic rings. The maximum Gasteiger partial charge on any atom is 0.278 e. The van der Waals surface area contributed by atoms with Crippen LogP contribution >= 0.6 is 0 Å². The van der Waals surface area contributed by atoms with Crippen molar-refractivity contribution in [3.8, 4) is 27.9 Å². The van der Waals surface area contributed by atoms with Crippen LogP contribution in [0, 0.1) is 10.1 Å². The summed E-state index contributed by atoms with van der Waals surface area (Å²) in [4.78, 5) is 12.1. The van der Waals surface area contributed by atoms with Crippen LogP contribution < -0.4 is 0 Å². The van der Waals surface area contributed by atoms with Crippen molar-refractivity contribution in [3.63, 3.8) is 0 Å². The van der Waals surface area contributed by atoms with Gasteiger partial charge in [-0.05, 0) is 62.5 Å². The lowest BCUT2D eigenvalue weighted by Gasteiger charge is -2.15. The maximum atomic E-state index is 12.4. The molecule has 0 saturated carbocycles. The van der Waals surface area contributed by atoms with E-state index in [1.165, 1.54) is 0 Å². The first kappa shape index (κ1) is 21.9. The molecule has 180 valence electrons. The highest BCUT2D eigenvalue weighted by Crippen LogP contribution is 2.45. The lowest BCUT2D eigenvalue weighted by molar-refractivity contribution is -0.384. The van der Waals surface area contributed by atoms with Crippen LogP contribution in [-0.2, 0) is 0 Å². The third-order valence-electron chi connectivity index (χ3n) is 7.17. The summed E-state index contributed by atoms with van der Waals surface area (Å²) in [5, 5.41) is 22.0. The first-order valence-corrected chi connectivity index (χ1v) is 12.4. The molecule has 0 aliphatic heterocycles. The molecule has 0 N–H and O–H groups in total. The van der Waals surface area contributed by atoms with E-state index in [1.54, 1.807) is 18.3 Å². The largest absolute Gasteiger partial charge is 0.278 e. The molecule has 38 heavy (non-hydrogen) atoms. The van der Waals surface area contributed by atoms with E-state index in [1.807, 2.05) is 77.5 Å². The predicted molar refractivity (Wildman–Crippen MR) is 154 cm³/mol. The fourth-order valence-electron chi connectivity index (χ4n) is 5.52. The number of hydrogen-bond donors (Lipinski definition) is 0. The van der Waals surface area contributed by atoms with Gasteiger partial charge in [0.1, 0.15) is 0 Å². The van der Waals surface area contributed by atoms with Crippen molar-refractivity contribution in [2.45, 2.75) is 0 Å². The molecule has 0 fully saturated rings. The Bertz CT molecular complexity index is 1990. The Morgan fingerprint density at radius 2 is 1.37 bits per heavy atom. The number of fused-ring (bicyclic) bond motifs is 4. The van der Waals surface area contributed by atoms with Crippen LogP contribution in [0.5, 0.6) is 0 Å². The van der Waals surface area contributed by atoms with E-state index in [0.717, 1.165) is 54.8 Å². The first-order chi connectivity index (χ1) is 18.7. The number of rotatable bonds is 4. The molecule has 0 aliphatic carbocycles. The van der Waals surface area contributed by atoms with Gasteiger partial charge < -0.3 is 0 Å². The molecule has 0 radical (unpaired) electrons. The predicted octanol–water partition coefficient (Wildman–Crippen LogP) is 8.57. The summed E-state index contributed by atoms with van der Waals surface area (Å²) < 4.78 is 1.83. The lowest BCUT2D eigenvalue weighted by Crippen LogP contribution is -1.97. The molecule has 6 aromatic carbocycles. The molecule has 0 atom stereocenters. The van der Waals surface area contributed by atoms with Crippen molar-refractivity contribution in [1.29, 1.82) is 0 Å². The minimum absolute atomic E-state index is 0.0619. The average Bonchev–Trinajstić information content (AvgIpc) is 3.41. The third-order valence-corrected chi connectivity index (χ3v) is 7.17. The molecule has 7 rings (SSSR count). The van der Waals surface area contributed by atoms with Crippen LogP contribution in [0.3, 0.4) is 0 Å². The van der Waals surface area contributed by atoms with Gasteiger partial charge in [0, 0.05) is 11.5 Å². The zero-order chi connectivity index (χ0) is 25.6. The number of hydrogen-bond acceptors (Lipinski definition) is 3. The van der Waals surface area contributed by atoms with Gasteiger partial charge in [0.2, 0.25) is 0 Å². The van der Waals surface area contributed by atoms with Gasteiger partial charge in [0.15, 0.2) is 0 Å². The first-order valence-electron chi connectivity index (χ1n) is 12.4. The Kier molecular flexibility index (Phi) is 5.01. The van der Waals surface area contributed by atoms with Crippen LogP contribution in [-0.4, -0.2) is 14.7 Å². The Morgan fingerprint density at radius 1 is 0.658 bits per heavy atom. The summed E-state index contributed by atoms with van der Waals surface area (Å²) >= 11 is 0. The number of benzene rings is 6. The van der Waals surface area contributed by atoms with Crippen molar-refractivity contribution in [2.24, 2.45) is 0 Å². The van der Waals surface area contributed by atoms with Crippen molar-refractivity contribution in [2.75, 3.05) is 0 Å². The second kappa shape index (κ2) is 8.68. The van der Waals surface area contributed by atoms with E-state index in [9.17, 15) is 10.1 Å². The molecule has 0 saturated heterocycles. The molecular weight excluding hydrogens is 470 g/mol. The van der Waals surface area contributed by atoms with E-state index < -0.39 is 0 Å². The van der Waals surface area contributed by atoms with Gasteiger partial charge in [-0.3, -0.25) is 10.1 Å². The summed E-state index contributed by atoms with van der Waals surface area (Å²) in [7, 11) is 0. The molecule has 7 aromatic rings. The summed E-state index contributed by atoms with van der Waals surface area (Å²) in [5.74, 6) is 0. The Labute approximate surface area is 218 Å². The average molecular weight is 492 g/mol. The van der Waals surface area contributed by atoms with Crippen LogP contribution in [0.2, 0.25) is 0 Å². The monoisotopic (exact) mass is 491 g/mol. The van der Waals surface area contributed by atoms with E-state index >= 15 is 0 Å². The minimum Gasteiger partial charge on any atom is -0.258 e. The van der Waals surface area contributed by atoms with E-state index in [2.05, 4.69) is 41.5 Å². The highest BCUT2D eigenvalue weighted by atomic mass is 16.6. The molecule has 5 nitrogen and oxygen atoms in total. The van der Waals surface area contributed by atoms with Crippen molar-refractivity contribution < 1.29 is 4.92 Å². The highest BCUT2D eigenvalue weighted by molar-refractivity contribution is 6.21. The fraction of sp³-hybridized carbons (Fsp3) is 0. The minimum atomic E-state index is -0.295. The molecule has 5 heteroatoms. The van der Waals surface area contributed by atoms with Crippen LogP contribution in [0.4, 0.5) is 5.69 Å². The van der Waals surface area contributed by atoms with Gasteiger partial charge in [-0.2, -0.15) is 5.10 Å². The number of nitro groups is 1. The normalized spacial score (nSPS) is 11.4. The van der Waals surface area contributed by atoms with Gasteiger partial charge >= 0.3 is 0 Å². The maximum absolute atomic E-state index is 12.4. The number of nitrogens with zero attached hydrogens (tertiary/aromatic N) is 3. The SMILES string of the molecule is O=[N+]([O-])c1ccc2c(cnn2-c2ccccc2)c1-c1cccc2c(-c3ccccc3)cc3ccccc3c12. The van der Waals surface area contributed by atoms with E-state index in [0.29, 0.717) is 5.56 Å². The number of aromatic nitrogens is 2. The standard InChI is InChI=1S/C33H21N3O2/c37-36(38)31-19-18-30-29(21-34-35(30)24-13-5-2-6-14-24)33(31)27-17-9-16-26-28(22-10-3-1-4-11-22)20-23-12-7-8-15-25(23)32(26)27/h1-21H. The van der Waals surface area contributed by atoms with Crippen molar-refractivity contribution >= 4 is 38.1 Å². The molecule has 0 amide bonds. The molecule has 1 aromatic heterocycles. The van der Waals surface area contributed by atoms with Gasteiger partial charge in [0.25, 0.3) is 5.69 Å². The molecule has 1 heterocycles. The quantitative estimate of drug-likeness (QED) is 0.141. The van der Waals surface area contributed by atoms with Gasteiger partial charge in [-0.1, -0.05) is 91.0 Å². The zero-order valence-electron chi connectivity index (χ0n) is 20.3. The Hall–Kier alpha value is -5.29. The molecular formula is C33H21N3O2.